The van der Waals surface area contributed by atoms with E-state index in [-0.39, 0.29) is 6.42 Å². The first-order chi connectivity index (χ1) is 20.6. The first-order valence-electron chi connectivity index (χ1n) is 14.5. The van der Waals surface area contributed by atoms with Crippen molar-refractivity contribution in [2.24, 2.45) is 5.41 Å². The second-order valence-corrected chi connectivity index (χ2v) is 15.9. The Kier molecular flexibility index (Phi) is 9.95. The predicted octanol–water partition coefficient (Wildman–Crippen LogP) is 5.33. The maximum absolute atomic E-state index is 14.3. The van der Waals surface area contributed by atoms with Gasteiger partial charge in [0, 0.05) is 19.6 Å². The summed E-state index contributed by atoms with van der Waals surface area (Å²) in [6.45, 7) is 18.1. The molecule has 2 unspecified atom stereocenters. The van der Waals surface area contributed by atoms with Gasteiger partial charge < -0.3 is 28.6 Å². The van der Waals surface area contributed by atoms with Crippen molar-refractivity contribution in [2.75, 3.05) is 26.2 Å². The van der Waals surface area contributed by atoms with E-state index in [1.807, 2.05) is 19.9 Å². The number of nitrogens with one attached hydrogen (secondary N) is 1. The number of fused-ring (bicyclic) bond motifs is 3. The average molecular weight is 652 g/mol. The molecular formula is C31H46N3O10P. The molecule has 2 aliphatic heterocycles. The van der Waals surface area contributed by atoms with Crippen LogP contribution in [0.1, 0.15) is 67.4 Å². The van der Waals surface area contributed by atoms with Crippen molar-refractivity contribution in [1.29, 1.82) is 0 Å². The molecule has 0 radical (unpaired) electrons. The summed E-state index contributed by atoms with van der Waals surface area (Å²) in [4.78, 5) is 57.8. The molecule has 1 N–H and O–H groups in total. The van der Waals surface area contributed by atoms with Crippen molar-refractivity contribution in [2.45, 2.75) is 96.4 Å². The fourth-order valence-electron chi connectivity index (χ4n) is 5.99. The van der Waals surface area contributed by atoms with E-state index in [1.54, 1.807) is 65.8 Å². The molecular weight excluding hydrogens is 605 g/mol. The normalized spacial score (nSPS) is 22.2. The molecule has 0 saturated carbocycles. The topological polar surface area (TPSA) is 150 Å². The van der Waals surface area contributed by atoms with Gasteiger partial charge in [0.1, 0.15) is 23.4 Å². The predicted molar refractivity (Wildman–Crippen MR) is 167 cm³/mol. The van der Waals surface area contributed by atoms with Crippen LogP contribution >= 0.6 is 7.60 Å². The monoisotopic (exact) mass is 651 g/mol. The van der Waals surface area contributed by atoms with Gasteiger partial charge in [0.15, 0.2) is 0 Å². The van der Waals surface area contributed by atoms with Crippen LogP contribution in [0.3, 0.4) is 0 Å². The van der Waals surface area contributed by atoms with Crippen LogP contribution < -0.4 is 10.2 Å². The van der Waals surface area contributed by atoms with Gasteiger partial charge >= 0.3 is 25.8 Å². The molecule has 1 saturated heterocycles. The first-order valence-corrected chi connectivity index (χ1v) is 16.1. The van der Waals surface area contributed by atoms with Gasteiger partial charge in [0.05, 0.1) is 12.8 Å². The number of hydrogen-bond donors (Lipinski definition) is 1. The Morgan fingerprint density at radius 2 is 1.49 bits per heavy atom. The summed E-state index contributed by atoms with van der Waals surface area (Å²) < 4.78 is 39.8. The maximum Gasteiger partial charge on any atom is 0.416 e. The summed E-state index contributed by atoms with van der Waals surface area (Å²) in [5.74, 6) is -3.82. The van der Waals surface area contributed by atoms with Gasteiger partial charge in [-0.05, 0) is 65.0 Å². The summed E-state index contributed by atoms with van der Waals surface area (Å²) in [6.07, 6.45) is -1.11. The first kappa shape index (κ1) is 36.1. The third-order valence-electron chi connectivity index (χ3n) is 8.13. The minimum atomic E-state index is -4.26. The van der Waals surface area contributed by atoms with Crippen LogP contribution in [-0.2, 0) is 42.8 Å². The number of anilines is 1. The molecule has 1 aromatic rings. The van der Waals surface area contributed by atoms with Crippen LogP contribution in [0.15, 0.2) is 36.9 Å². The van der Waals surface area contributed by atoms with E-state index in [0.717, 1.165) is 21.3 Å². The molecule has 0 aromatic heterocycles. The molecule has 2 heterocycles. The number of ether oxygens (including phenoxy) is 3. The highest BCUT2D eigenvalue weighted by atomic mass is 31.2. The largest absolute Gasteiger partial charge is 0.467 e. The number of benzene rings is 1. The number of carbonyl (C=O) groups is 4. The minimum Gasteiger partial charge on any atom is -0.467 e. The van der Waals surface area contributed by atoms with Crippen molar-refractivity contribution in [3.05, 3.63) is 42.5 Å². The van der Waals surface area contributed by atoms with E-state index in [1.165, 1.54) is 9.80 Å². The quantitative estimate of drug-likeness (QED) is 0.169. The molecule has 2 aliphatic rings. The molecule has 3 rings (SSSR count). The summed E-state index contributed by atoms with van der Waals surface area (Å²) in [5.41, 5.74) is -2.69. The Labute approximate surface area is 265 Å². The number of methoxy groups -OCH3 is 1. The molecule has 0 spiro atoms. The third-order valence-corrected chi connectivity index (χ3v) is 10.1. The number of esters is 1. The highest BCUT2D eigenvalue weighted by molar-refractivity contribution is 7.55. The standard InChI is InChI=1S/C31H46N3O10P/c1-13-30(8,9)31-18-21(22(35)32-23(24(36)40-10)45(39,41-11)42-12)34(27(38)44-29(5,6)7)25(31)33(26(37)43-28(2,3)4)20-17-15-14-16-19(20)31/h13-17,21,23,25H,1,18H2,2-12H3,(H,32,35)/t21-,23?,25?,31+/m0/s1. The van der Waals surface area contributed by atoms with E-state index in [0.29, 0.717) is 11.3 Å². The van der Waals surface area contributed by atoms with Gasteiger partial charge in [-0.15, -0.1) is 6.58 Å². The Hall–Kier alpha value is -3.41. The molecule has 250 valence electrons. The maximum atomic E-state index is 14.3. The Morgan fingerprint density at radius 3 is 1.98 bits per heavy atom. The van der Waals surface area contributed by atoms with Crippen molar-refractivity contribution >= 4 is 37.3 Å². The Balaban J connectivity index is 2.34. The second-order valence-electron chi connectivity index (χ2n) is 13.6. The SMILES string of the molecule is C=CC(C)(C)[C@@]12C[C@@H](C(=O)NC(C(=O)OC)P(=O)(OC)OC)N(C(=O)OC(C)(C)C)C1N(C(=O)OC(C)(C)C)c1ccccc12. The summed E-state index contributed by atoms with van der Waals surface area (Å²) in [7, 11) is -1.07. The number of amides is 3. The highest BCUT2D eigenvalue weighted by Crippen LogP contribution is 2.62. The number of para-hydroxylation sites is 1. The number of allylic oxidation sites excluding steroid dienone is 1. The zero-order valence-corrected chi connectivity index (χ0v) is 28.9. The summed E-state index contributed by atoms with van der Waals surface area (Å²) >= 11 is 0. The lowest BCUT2D eigenvalue weighted by atomic mass is 9.60. The van der Waals surface area contributed by atoms with Gasteiger partial charge in [-0.2, -0.15) is 0 Å². The summed E-state index contributed by atoms with van der Waals surface area (Å²) in [5, 5.41) is 2.45. The van der Waals surface area contributed by atoms with Crippen LogP contribution in [0.2, 0.25) is 0 Å². The average Bonchev–Trinajstić information content (AvgIpc) is 3.45. The van der Waals surface area contributed by atoms with E-state index in [2.05, 4.69) is 11.9 Å². The molecule has 14 heteroatoms. The van der Waals surface area contributed by atoms with Gasteiger partial charge in [0.25, 0.3) is 0 Å². The van der Waals surface area contributed by atoms with Crippen molar-refractivity contribution in [3.63, 3.8) is 0 Å². The van der Waals surface area contributed by atoms with Gasteiger partial charge in [-0.1, -0.05) is 38.1 Å². The van der Waals surface area contributed by atoms with Crippen molar-refractivity contribution in [1.82, 2.24) is 10.2 Å². The van der Waals surface area contributed by atoms with E-state index < -0.39 is 71.7 Å². The van der Waals surface area contributed by atoms with Crippen LogP contribution in [0.25, 0.3) is 0 Å². The molecule has 1 aromatic carbocycles. The zero-order valence-electron chi connectivity index (χ0n) is 28.0. The fourth-order valence-corrected chi connectivity index (χ4v) is 7.21. The Bertz CT molecular complexity index is 1390. The lowest BCUT2D eigenvalue weighted by Crippen LogP contribution is -2.61. The molecule has 3 amide bonds. The van der Waals surface area contributed by atoms with E-state index in [9.17, 15) is 23.7 Å². The van der Waals surface area contributed by atoms with Crippen molar-refractivity contribution in [3.8, 4) is 0 Å². The fraction of sp³-hybridized carbons (Fsp3) is 0.613. The highest BCUT2D eigenvalue weighted by Gasteiger charge is 2.70. The number of carbonyl (C=O) groups excluding carboxylic acids is 4. The number of rotatable bonds is 8. The van der Waals surface area contributed by atoms with Gasteiger partial charge in [-0.25, -0.2) is 14.4 Å². The second kappa shape index (κ2) is 12.4. The minimum absolute atomic E-state index is 0.0454. The molecule has 0 aliphatic carbocycles. The molecule has 0 bridgehead atoms. The zero-order chi connectivity index (χ0) is 34.3. The number of likely N-dealkylation sites (tertiary alicyclic amines) is 1. The van der Waals surface area contributed by atoms with Gasteiger partial charge in [-0.3, -0.25) is 19.2 Å². The Morgan fingerprint density at radius 1 is 0.956 bits per heavy atom. The smallest absolute Gasteiger partial charge is 0.416 e. The van der Waals surface area contributed by atoms with Crippen LogP contribution in [0, 0.1) is 5.41 Å². The van der Waals surface area contributed by atoms with E-state index in [4.69, 9.17) is 23.3 Å². The lowest BCUT2D eigenvalue weighted by Gasteiger charge is -2.45. The summed E-state index contributed by atoms with van der Waals surface area (Å²) in [6, 6.07) is 5.81. The van der Waals surface area contributed by atoms with E-state index >= 15 is 0 Å². The number of hydrogen-bond acceptors (Lipinski definition) is 10. The molecule has 1 fully saturated rings. The van der Waals surface area contributed by atoms with Gasteiger partial charge in [0.2, 0.25) is 11.7 Å². The third kappa shape index (κ3) is 6.48. The molecule has 13 nitrogen and oxygen atoms in total. The van der Waals surface area contributed by atoms with Crippen LogP contribution in [0.5, 0.6) is 0 Å². The molecule has 45 heavy (non-hydrogen) atoms. The van der Waals surface area contributed by atoms with Crippen LogP contribution in [0.4, 0.5) is 15.3 Å². The lowest BCUT2D eigenvalue weighted by molar-refractivity contribution is -0.143. The van der Waals surface area contributed by atoms with Crippen LogP contribution in [-0.4, -0.2) is 79.5 Å². The van der Waals surface area contributed by atoms with Crippen molar-refractivity contribution < 1.29 is 47.0 Å². The molecule has 4 atom stereocenters. The number of nitrogens with zero attached hydrogens (tertiary/aromatic N) is 2.